The summed E-state index contributed by atoms with van der Waals surface area (Å²) in [5, 5.41) is 3.05. The van der Waals surface area contributed by atoms with Gasteiger partial charge in [0.15, 0.2) is 6.61 Å². The van der Waals surface area contributed by atoms with Crippen LogP contribution in [0.3, 0.4) is 0 Å². The van der Waals surface area contributed by atoms with Gasteiger partial charge in [0.05, 0.1) is 0 Å². The first-order valence-electron chi connectivity index (χ1n) is 4.59. The summed E-state index contributed by atoms with van der Waals surface area (Å²) in [6, 6.07) is 9.15. The average Bonchev–Trinajstić information content (AvgIpc) is 2.81. The largest absolute Gasteiger partial charge is 0.484 e. The number of hydrogen-bond donors (Lipinski definition) is 1. The predicted octanol–water partition coefficient (Wildman–Crippen LogP) is 1.56. The van der Waals surface area contributed by atoms with Crippen LogP contribution in [0.25, 0.3) is 0 Å². The molecule has 1 aromatic carbocycles. The molecule has 0 bridgehead atoms. The Bertz CT molecular complexity index is 444. The fourth-order valence-corrected chi connectivity index (χ4v) is 1.50. The molecule has 0 fully saturated rings. The summed E-state index contributed by atoms with van der Waals surface area (Å²) in [5.41, 5.74) is 0. The minimum atomic E-state index is -0.249. The van der Waals surface area contributed by atoms with E-state index in [1.165, 1.54) is 6.33 Å². The van der Waals surface area contributed by atoms with Crippen molar-refractivity contribution in [2.75, 3.05) is 11.9 Å². The number of anilines is 1. The molecule has 1 N–H and O–H groups in total. The van der Waals surface area contributed by atoms with Crippen molar-refractivity contribution in [3.8, 4) is 5.75 Å². The SMILES string of the molecule is O=C(COc1ccccc1)Nc1ncns1. The van der Waals surface area contributed by atoms with Crippen molar-refractivity contribution in [1.29, 1.82) is 0 Å². The number of rotatable bonds is 4. The predicted molar refractivity (Wildman–Crippen MR) is 60.5 cm³/mol. The molecule has 2 rings (SSSR count). The van der Waals surface area contributed by atoms with Gasteiger partial charge in [-0.2, -0.15) is 4.37 Å². The van der Waals surface area contributed by atoms with Crippen molar-refractivity contribution in [3.63, 3.8) is 0 Å². The molecule has 16 heavy (non-hydrogen) atoms. The summed E-state index contributed by atoms with van der Waals surface area (Å²) in [6.45, 7) is -0.0381. The van der Waals surface area contributed by atoms with Gasteiger partial charge in [-0.25, -0.2) is 4.98 Å². The van der Waals surface area contributed by atoms with Crippen molar-refractivity contribution >= 4 is 22.6 Å². The number of ether oxygens (including phenoxy) is 1. The van der Waals surface area contributed by atoms with Gasteiger partial charge in [-0.3, -0.25) is 10.1 Å². The summed E-state index contributed by atoms with van der Waals surface area (Å²) in [7, 11) is 0. The highest BCUT2D eigenvalue weighted by molar-refractivity contribution is 7.09. The van der Waals surface area contributed by atoms with Gasteiger partial charge in [0.2, 0.25) is 5.13 Å². The second-order valence-corrected chi connectivity index (χ2v) is 3.68. The third-order valence-electron chi connectivity index (χ3n) is 1.72. The van der Waals surface area contributed by atoms with Crippen LogP contribution in [0.2, 0.25) is 0 Å². The first kappa shape index (κ1) is 10.6. The standard InChI is InChI=1S/C10H9N3O2S/c14-9(13-10-11-7-12-16-10)6-15-8-4-2-1-3-5-8/h1-5,7H,6H2,(H,11,12,13,14). The second-order valence-electron chi connectivity index (χ2n) is 2.90. The zero-order valence-electron chi connectivity index (χ0n) is 8.29. The molecular weight excluding hydrogens is 226 g/mol. The average molecular weight is 235 g/mol. The van der Waals surface area contributed by atoms with Crippen LogP contribution in [0.15, 0.2) is 36.7 Å². The lowest BCUT2D eigenvalue weighted by atomic mass is 10.3. The Hall–Kier alpha value is -1.95. The normalized spacial score (nSPS) is 9.75. The highest BCUT2D eigenvalue weighted by Crippen LogP contribution is 2.09. The third-order valence-corrected chi connectivity index (χ3v) is 2.30. The monoisotopic (exact) mass is 235 g/mol. The first-order chi connectivity index (χ1) is 7.84. The molecule has 0 aliphatic rings. The Morgan fingerprint density at radius 2 is 2.19 bits per heavy atom. The van der Waals surface area contributed by atoms with Crippen molar-refractivity contribution in [2.24, 2.45) is 0 Å². The number of nitrogens with zero attached hydrogens (tertiary/aromatic N) is 2. The number of amides is 1. The van der Waals surface area contributed by atoms with Crippen LogP contribution in [0.1, 0.15) is 0 Å². The number of para-hydroxylation sites is 1. The molecule has 0 atom stereocenters. The molecule has 0 saturated heterocycles. The van der Waals surface area contributed by atoms with Crippen molar-refractivity contribution in [2.45, 2.75) is 0 Å². The van der Waals surface area contributed by atoms with E-state index in [9.17, 15) is 4.79 Å². The number of benzene rings is 1. The second kappa shape index (κ2) is 5.22. The molecule has 0 aliphatic heterocycles. The van der Waals surface area contributed by atoms with E-state index in [0.717, 1.165) is 11.5 Å². The topological polar surface area (TPSA) is 64.1 Å². The molecule has 0 unspecified atom stereocenters. The zero-order chi connectivity index (χ0) is 11.2. The Kier molecular flexibility index (Phi) is 3.45. The molecule has 1 aromatic heterocycles. The lowest BCUT2D eigenvalue weighted by Gasteiger charge is -2.04. The highest BCUT2D eigenvalue weighted by atomic mass is 32.1. The Morgan fingerprint density at radius 1 is 1.38 bits per heavy atom. The van der Waals surface area contributed by atoms with Gasteiger partial charge in [-0.15, -0.1) is 0 Å². The van der Waals surface area contributed by atoms with Crippen molar-refractivity contribution in [3.05, 3.63) is 36.7 Å². The van der Waals surface area contributed by atoms with E-state index in [4.69, 9.17) is 4.74 Å². The van der Waals surface area contributed by atoms with E-state index in [1.54, 1.807) is 12.1 Å². The Labute approximate surface area is 96.3 Å². The van der Waals surface area contributed by atoms with Crippen LogP contribution < -0.4 is 10.1 Å². The lowest BCUT2D eigenvalue weighted by Crippen LogP contribution is -2.19. The van der Waals surface area contributed by atoms with Gasteiger partial charge in [0.1, 0.15) is 12.1 Å². The third kappa shape index (κ3) is 3.03. The van der Waals surface area contributed by atoms with Crippen LogP contribution in [-0.4, -0.2) is 21.9 Å². The highest BCUT2D eigenvalue weighted by Gasteiger charge is 2.05. The Balaban J connectivity index is 1.80. The van der Waals surface area contributed by atoms with Gasteiger partial charge in [0.25, 0.3) is 5.91 Å². The molecule has 1 heterocycles. The van der Waals surface area contributed by atoms with E-state index in [1.807, 2.05) is 18.2 Å². The van der Waals surface area contributed by atoms with E-state index in [0.29, 0.717) is 10.9 Å². The fourth-order valence-electron chi connectivity index (χ4n) is 1.05. The van der Waals surface area contributed by atoms with Crippen LogP contribution in [0, 0.1) is 0 Å². The van der Waals surface area contributed by atoms with E-state index >= 15 is 0 Å². The first-order valence-corrected chi connectivity index (χ1v) is 5.36. The van der Waals surface area contributed by atoms with Crippen LogP contribution in [-0.2, 0) is 4.79 Å². The summed E-state index contributed by atoms with van der Waals surface area (Å²) in [4.78, 5) is 15.2. The number of hydrogen-bond acceptors (Lipinski definition) is 5. The number of aromatic nitrogens is 2. The van der Waals surface area contributed by atoms with Crippen LogP contribution in [0.5, 0.6) is 5.75 Å². The van der Waals surface area contributed by atoms with Gasteiger partial charge in [0, 0.05) is 11.5 Å². The maximum absolute atomic E-state index is 11.4. The molecular formula is C10H9N3O2S. The molecule has 5 nitrogen and oxygen atoms in total. The van der Waals surface area contributed by atoms with Gasteiger partial charge in [-0.05, 0) is 12.1 Å². The number of carbonyl (C=O) groups excluding carboxylic acids is 1. The number of carbonyl (C=O) groups is 1. The maximum atomic E-state index is 11.4. The zero-order valence-corrected chi connectivity index (χ0v) is 9.11. The van der Waals surface area contributed by atoms with Gasteiger partial charge in [-0.1, -0.05) is 18.2 Å². The lowest BCUT2D eigenvalue weighted by molar-refractivity contribution is -0.118. The van der Waals surface area contributed by atoms with Crippen LogP contribution in [0.4, 0.5) is 5.13 Å². The number of nitrogens with one attached hydrogen (secondary N) is 1. The maximum Gasteiger partial charge on any atom is 0.264 e. The summed E-state index contributed by atoms with van der Waals surface area (Å²) >= 11 is 1.12. The molecule has 0 spiro atoms. The molecule has 82 valence electrons. The Morgan fingerprint density at radius 3 is 2.88 bits per heavy atom. The van der Waals surface area contributed by atoms with Gasteiger partial charge >= 0.3 is 0 Å². The minimum absolute atomic E-state index is 0.0381. The summed E-state index contributed by atoms with van der Waals surface area (Å²) < 4.78 is 9.03. The molecule has 1 amide bonds. The summed E-state index contributed by atoms with van der Waals surface area (Å²) in [6.07, 6.45) is 1.39. The van der Waals surface area contributed by atoms with Crippen LogP contribution >= 0.6 is 11.5 Å². The molecule has 0 saturated carbocycles. The van der Waals surface area contributed by atoms with E-state index in [-0.39, 0.29) is 12.5 Å². The molecule has 0 aliphatic carbocycles. The van der Waals surface area contributed by atoms with Gasteiger partial charge < -0.3 is 4.74 Å². The van der Waals surface area contributed by atoms with E-state index < -0.39 is 0 Å². The smallest absolute Gasteiger partial charge is 0.264 e. The van der Waals surface area contributed by atoms with E-state index in [2.05, 4.69) is 14.7 Å². The van der Waals surface area contributed by atoms with Crippen molar-refractivity contribution < 1.29 is 9.53 Å². The summed E-state index contributed by atoms with van der Waals surface area (Å²) in [5.74, 6) is 0.413. The minimum Gasteiger partial charge on any atom is -0.484 e. The van der Waals surface area contributed by atoms with Crippen molar-refractivity contribution in [1.82, 2.24) is 9.36 Å². The molecule has 2 aromatic rings. The quantitative estimate of drug-likeness (QED) is 0.873. The fraction of sp³-hybridized carbons (Fsp3) is 0.100. The molecule has 0 radical (unpaired) electrons. The molecule has 6 heteroatoms.